The number of hydrogen-bond acceptors (Lipinski definition) is 7. The van der Waals surface area contributed by atoms with Gasteiger partial charge in [0.2, 0.25) is 0 Å². The summed E-state index contributed by atoms with van der Waals surface area (Å²) in [5, 5.41) is 9.18. The van der Waals surface area contributed by atoms with Crippen molar-refractivity contribution in [2.24, 2.45) is 5.73 Å². The molecule has 0 radical (unpaired) electrons. The lowest BCUT2D eigenvalue weighted by Crippen LogP contribution is -2.44. The van der Waals surface area contributed by atoms with E-state index in [2.05, 4.69) is 38.4 Å². The van der Waals surface area contributed by atoms with Crippen molar-refractivity contribution in [2.45, 2.75) is 45.4 Å². The second-order valence-corrected chi connectivity index (χ2v) is 12.1. The number of halogens is 2. The number of carbonyl (C=O) groups is 2. The van der Waals surface area contributed by atoms with Gasteiger partial charge in [-0.05, 0) is 49.2 Å². The molecule has 5 rings (SSSR count). The molecule has 1 fully saturated rings. The van der Waals surface area contributed by atoms with E-state index in [0.717, 1.165) is 72.9 Å². The minimum atomic E-state index is -0.439. The molecule has 10 nitrogen and oxygen atoms in total. The number of aryl methyl sites for hydroxylation is 1. The number of urea groups is 1. The van der Waals surface area contributed by atoms with Crippen LogP contribution in [0.4, 0.5) is 4.79 Å². The van der Waals surface area contributed by atoms with E-state index in [1.54, 1.807) is 11.0 Å². The summed E-state index contributed by atoms with van der Waals surface area (Å²) in [5.74, 6) is 6.04. The summed E-state index contributed by atoms with van der Waals surface area (Å²) in [6, 6.07) is 11.2. The Balaban J connectivity index is 1.38. The maximum absolute atomic E-state index is 12.1. The molecule has 2 aliphatic heterocycles. The number of nitrogens with one attached hydrogen (secondary N) is 1. The predicted octanol–water partition coefficient (Wildman–Crippen LogP) is 4.07. The molecule has 0 unspecified atom stereocenters. The van der Waals surface area contributed by atoms with Gasteiger partial charge in [-0.3, -0.25) is 14.4 Å². The third-order valence-electron chi connectivity index (χ3n) is 8.21. The number of benzene rings is 2. The number of rotatable bonds is 9. The minimum Gasteiger partial charge on any atom is -0.468 e. The number of fused-ring (bicyclic) bond motifs is 1. The van der Waals surface area contributed by atoms with E-state index in [4.69, 9.17) is 38.8 Å². The van der Waals surface area contributed by atoms with Crippen LogP contribution in [0.3, 0.4) is 0 Å². The highest BCUT2D eigenvalue weighted by molar-refractivity contribution is 6.32. The molecule has 45 heavy (non-hydrogen) atoms. The molecule has 1 aromatic heterocycles. The zero-order valence-corrected chi connectivity index (χ0v) is 27.1. The molecular weight excluding hydrogens is 615 g/mol. The summed E-state index contributed by atoms with van der Waals surface area (Å²) in [6.45, 7) is 7.85. The van der Waals surface area contributed by atoms with Crippen LogP contribution in [0, 0.1) is 11.8 Å². The fourth-order valence-electron chi connectivity index (χ4n) is 5.68. The number of primary amides is 1. The highest BCUT2D eigenvalue weighted by Crippen LogP contribution is 2.32. The first-order chi connectivity index (χ1) is 21.7. The van der Waals surface area contributed by atoms with Gasteiger partial charge in [0.1, 0.15) is 0 Å². The fourth-order valence-corrected chi connectivity index (χ4v) is 6.03. The predicted molar refractivity (Wildman–Crippen MR) is 174 cm³/mol. The number of hydrogen-bond donors (Lipinski definition) is 2. The molecule has 12 heteroatoms. The van der Waals surface area contributed by atoms with E-state index in [-0.39, 0.29) is 12.5 Å². The van der Waals surface area contributed by atoms with E-state index in [1.807, 2.05) is 30.3 Å². The van der Waals surface area contributed by atoms with Crippen molar-refractivity contribution in [3.05, 3.63) is 74.4 Å². The number of aromatic nitrogens is 2. The number of esters is 1. The summed E-state index contributed by atoms with van der Waals surface area (Å²) >= 11 is 13.0. The lowest BCUT2D eigenvalue weighted by Gasteiger charge is -2.33. The maximum atomic E-state index is 12.1. The first-order valence-corrected chi connectivity index (χ1v) is 15.8. The van der Waals surface area contributed by atoms with Gasteiger partial charge >= 0.3 is 12.0 Å². The molecule has 238 valence electrons. The maximum Gasteiger partial charge on any atom is 0.319 e. The third kappa shape index (κ3) is 8.17. The normalized spacial score (nSPS) is 16.5. The van der Waals surface area contributed by atoms with Gasteiger partial charge < -0.3 is 25.4 Å². The van der Waals surface area contributed by atoms with Crippen LogP contribution in [0.25, 0.3) is 11.3 Å². The number of nitrogens with two attached hydrogens (primary N) is 1. The zero-order valence-electron chi connectivity index (χ0n) is 25.6. The molecule has 0 spiro atoms. The SMILES string of the molecule is COC(=O)CNCc1cc(C#Cc2cc(-c3nn(CCCN4CCOC[C@@H]4C)c4c3CN(C(N)=O)CC4)ccc2Cl)ccc1Cl. The average molecular weight is 654 g/mol. The van der Waals surface area contributed by atoms with Crippen LogP contribution in [0.2, 0.25) is 10.0 Å². The Labute approximate surface area is 273 Å². The van der Waals surface area contributed by atoms with Gasteiger partial charge in [0, 0.05) is 78.2 Å². The number of nitrogens with zero attached hydrogens (tertiary/aromatic N) is 4. The van der Waals surface area contributed by atoms with Crippen molar-refractivity contribution in [2.75, 3.05) is 46.5 Å². The van der Waals surface area contributed by atoms with Gasteiger partial charge in [-0.2, -0.15) is 5.10 Å². The number of carbonyl (C=O) groups excluding carboxylic acids is 2. The largest absolute Gasteiger partial charge is 0.468 e. The van der Waals surface area contributed by atoms with Crippen LogP contribution in [0.5, 0.6) is 0 Å². The molecule has 0 aliphatic carbocycles. The summed E-state index contributed by atoms with van der Waals surface area (Å²) in [6.07, 6.45) is 1.64. The topological polar surface area (TPSA) is 115 Å². The Morgan fingerprint density at radius 2 is 1.96 bits per heavy atom. The first-order valence-electron chi connectivity index (χ1n) is 15.1. The van der Waals surface area contributed by atoms with E-state index in [0.29, 0.717) is 47.7 Å². The average Bonchev–Trinajstić information content (AvgIpc) is 3.40. The smallest absolute Gasteiger partial charge is 0.319 e. The van der Waals surface area contributed by atoms with Crippen LogP contribution in [0.15, 0.2) is 36.4 Å². The molecule has 2 aromatic carbocycles. The molecule has 0 saturated carbocycles. The second-order valence-electron chi connectivity index (χ2n) is 11.3. The molecule has 1 saturated heterocycles. The van der Waals surface area contributed by atoms with Crippen molar-refractivity contribution in [1.82, 2.24) is 24.9 Å². The van der Waals surface area contributed by atoms with Crippen LogP contribution in [-0.4, -0.2) is 84.1 Å². The molecular formula is C33H38Cl2N6O4. The molecule has 1 atom stereocenters. The minimum absolute atomic E-state index is 0.0783. The molecule has 0 bridgehead atoms. The second kappa shape index (κ2) is 15.1. The van der Waals surface area contributed by atoms with Crippen molar-refractivity contribution in [1.29, 1.82) is 0 Å². The number of morpholine rings is 1. The van der Waals surface area contributed by atoms with Crippen LogP contribution >= 0.6 is 23.2 Å². The van der Waals surface area contributed by atoms with E-state index < -0.39 is 6.03 Å². The van der Waals surface area contributed by atoms with E-state index in [9.17, 15) is 9.59 Å². The summed E-state index contributed by atoms with van der Waals surface area (Å²) in [4.78, 5) is 27.6. The van der Waals surface area contributed by atoms with Gasteiger partial charge in [0.25, 0.3) is 0 Å². The van der Waals surface area contributed by atoms with Crippen LogP contribution in [0.1, 0.15) is 41.3 Å². The Hall–Kier alpha value is -3.59. The third-order valence-corrected chi connectivity index (χ3v) is 8.90. The molecule has 2 amide bonds. The Bertz CT molecular complexity index is 1610. The quantitative estimate of drug-likeness (QED) is 0.265. The Morgan fingerprint density at radius 3 is 2.73 bits per heavy atom. The molecule has 2 aliphatic rings. The lowest BCUT2D eigenvalue weighted by molar-refractivity contribution is -0.139. The van der Waals surface area contributed by atoms with Crippen molar-refractivity contribution in [3.63, 3.8) is 0 Å². The fraction of sp³-hybridized carbons (Fsp3) is 0.424. The van der Waals surface area contributed by atoms with Crippen molar-refractivity contribution >= 4 is 35.2 Å². The molecule has 3 heterocycles. The van der Waals surface area contributed by atoms with Gasteiger partial charge in [0.05, 0.1) is 44.1 Å². The van der Waals surface area contributed by atoms with Crippen molar-refractivity contribution < 1.29 is 19.1 Å². The van der Waals surface area contributed by atoms with Crippen LogP contribution in [-0.2, 0) is 40.3 Å². The Morgan fingerprint density at radius 1 is 1.13 bits per heavy atom. The highest BCUT2D eigenvalue weighted by atomic mass is 35.5. The standard InChI is InChI=1S/C33H38Cl2N6O4/c1-22-21-45-15-14-39(22)11-3-12-41-30-10-13-40(33(36)43)20-27(30)32(38-41)25-7-9-28(34)24(17-25)6-4-23-5-8-29(35)26(16-23)18-37-19-31(42)44-2/h5,7-9,16-17,22,37H,3,10-15,18-21H2,1-2H3,(H2,36,43)/t22-/m0/s1. The first kappa shape index (κ1) is 32.8. The summed E-state index contributed by atoms with van der Waals surface area (Å²) < 4.78 is 12.4. The van der Waals surface area contributed by atoms with Gasteiger partial charge in [0.15, 0.2) is 0 Å². The van der Waals surface area contributed by atoms with Gasteiger partial charge in [-0.25, -0.2) is 4.79 Å². The number of methoxy groups -OCH3 is 1. The zero-order chi connectivity index (χ0) is 31.9. The van der Waals surface area contributed by atoms with Crippen molar-refractivity contribution in [3.8, 4) is 23.1 Å². The lowest BCUT2D eigenvalue weighted by atomic mass is 9.99. The van der Waals surface area contributed by atoms with Crippen LogP contribution < -0.4 is 11.1 Å². The number of ether oxygens (including phenoxy) is 2. The molecule has 3 N–H and O–H groups in total. The van der Waals surface area contributed by atoms with Gasteiger partial charge in [-0.1, -0.05) is 41.1 Å². The van der Waals surface area contributed by atoms with E-state index in [1.165, 1.54) is 7.11 Å². The highest BCUT2D eigenvalue weighted by Gasteiger charge is 2.27. The summed E-state index contributed by atoms with van der Waals surface area (Å²) in [7, 11) is 1.34. The van der Waals surface area contributed by atoms with E-state index >= 15 is 0 Å². The van der Waals surface area contributed by atoms with Gasteiger partial charge in [-0.15, -0.1) is 0 Å². The monoisotopic (exact) mass is 652 g/mol. The molecule has 3 aromatic rings. The Kier molecular flexibility index (Phi) is 11.0. The summed E-state index contributed by atoms with van der Waals surface area (Å²) in [5.41, 5.74) is 11.7. The number of amides is 2.